The molecule has 0 saturated carbocycles. The number of aryl methyl sites for hydroxylation is 1. The molecule has 0 bridgehead atoms. The summed E-state index contributed by atoms with van der Waals surface area (Å²) >= 11 is 3.49. The third-order valence-electron chi connectivity index (χ3n) is 5.67. The molecule has 0 fully saturated rings. The van der Waals surface area contributed by atoms with Gasteiger partial charge in [0.1, 0.15) is 19.0 Å². The second-order valence-corrected chi connectivity index (χ2v) is 9.41. The summed E-state index contributed by atoms with van der Waals surface area (Å²) in [7, 11) is 4.19. The monoisotopic (exact) mass is 552 g/mol. The summed E-state index contributed by atoms with van der Waals surface area (Å²) in [5.41, 5.74) is 3.02. The molecule has 36 heavy (non-hydrogen) atoms. The highest BCUT2D eigenvalue weighted by atomic mass is 79.9. The van der Waals surface area contributed by atoms with Crippen molar-refractivity contribution in [1.82, 2.24) is 14.9 Å². The van der Waals surface area contributed by atoms with Gasteiger partial charge >= 0.3 is 0 Å². The first-order valence-corrected chi connectivity index (χ1v) is 13.4. The van der Waals surface area contributed by atoms with Crippen molar-refractivity contribution < 1.29 is 9.47 Å². The number of benzene rings is 2. The van der Waals surface area contributed by atoms with Gasteiger partial charge in [-0.3, -0.25) is 4.98 Å². The minimum atomic E-state index is 0.611. The molecule has 4 aromatic rings. The zero-order chi connectivity index (χ0) is 26.1. The molecule has 2 aromatic carbocycles. The lowest BCUT2D eigenvalue weighted by molar-refractivity contribution is 0.174. The number of likely N-dealkylation sites (N-methyl/N-ethyl adjacent to an activating group) is 2. The molecule has 0 spiro atoms. The van der Waals surface area contributed by atoms with Crippen molar-refractivity contribution in [2.45, 2.75) is 27.7 Å². The summed E-state index contributed by atoms with van der Waals surface area (Å²) in [4.78, 5) is 13.7. The average molecular weight is 554 g/mol. The van der Waals surface area contributed by atoms with Crippen LogP contribution < -0.4 is 14.4 Å². The summed E-state index contributed by atoms with van der Waals surface area (Å²) in [5, 5.41) is 2.19. The second-order valence-electron chi connectivity index (χ2n) is 8.50. The maximum Gasteiger partial charge on any atom is 0.170 e. The molecule has 0 radical (unpaired) electrons. The number of nitrogens with zero attached hydrogens (tertiary/aromatic N) is 4. The number of anilines is 1. The van der Waals surface area contributed by atoms with Gasteiger partial charge in [0.2, 0.25) is 0 Å². The van der Waals surface area contributed by atoms with Crippen LogP contribution in [0.25, 0.3) is 21.8 Å². The van der Waals surface area contributed by atoms with Gasteiger partial charge in [-0.1, -0.05) is 29.8 Å². The molecule has 0 unspecified atom stereocenters. The number of hydrogen-bond donors (Lipinski definition) is 0. The highest BCUT2D eigenvalue weighted by Gasteiger charge is 2.15. The Morgan fingerprint density at radius 3 is 2.36 bits per heavy atom. The Balaban J connectivity index is 0.000000191. The van der Waals surface area contributed by atoms with Crippen LogP contribution >= 0.6 is 15.9 Å². The van der Waals surface area contributed by atoms with Crippen molar-refractivity contribution in [2.24, 2.45) is 0 Å². The molecule has 7 heteroatoms. The van der Waals surface area contributed by atoms with Crippen LogP contribution in [-0.2, 0) is 0 Å². The summed E-state index contributed by atoms with van der Waals surface area (Å²) in [5.74, 6) is 2.70. The van der Waals surface area contributed by atoms with E-state index in [1.165, 1.54) is 5.39 Å². The van der Waals surface area contributed by atoms with Gasteiger partial charge in [-0.15, -0.1) is 0 Å². The van der Waals surface area contributed by atoms with Crippen molar-refractivity contribution in [2.75, 3.05) is 51.8 Å². The number of rotatable bonds is 5. The topological polar surface area (TPSA) is 50.7 Å². The number of halogens is 1. The number of aromatic nitrogens is 2. The largest absolute Gasteiger partial charge is 0.486 e. The molecule has 6 nitrogen and oxygen atoms in total. The molecule has 0 amide bonds. The molecule has 0 saturated heterocycles. The number of pyridine rings is 2. The van der Waals surface area contributed by atoms with E-state index in [0.717, 1.165) is 63.5 Å². The molecule has 1 aliphatic heterocycles. The van der Waals surface area contributed by atoms with E-state index in [1.54, 1.807) is 0 Å². The minimum Gasteiger partial charge on any atom is -0.486 e. The summed E-state index contributed by atoms with van der Waals surface area (Å²) in [6, 6.07) is 18.3. The second kappa shape index (κ2) is 13.4. The Kier molecular flexibility index (Phi) is 10.3. The number of ether oxygens (including phenoxy) is 2. The Labute approximate surface area is 223 Å². The van der Waals surface area contributed by atoms with Gasteiger partial charge in [-0.2, -0.15) is 0 Å². The predicted molar refractivity (Wildman–Crippen MR) is 155 cm³/mol. The van der Waals surface area contributed by atoms with Crippen LogP contribution in [0.4, 0.5) is 5.82 Å². The molecule has 2 aromatic heterocycles. The Hall–Kier alpha value is -2.90. The van der Waals surface area contributed by atoms with Crippen LogP contribution in [0.3, 0.4) is 0 Å². The van der Waals surface area contributed by atoms with Gasteiger partial charge in [0.05, 0.1) is 11.0 Å². The van der Waals surface area contributed by atoms with Crippen LogP contribution in [0.5, 0.6) is 11.5 Å². The molecular formula is C29H37BrN4O2. The first kappa shape index (κ1) is 27.7. The predicted octanol–water partition coefficient (Wildman–Crippen LogP) is 6.73. The summed E-state index contributed by atoms with van der Waals surface area (Å²) in [6.07, 6.45) is 0. The van der Waals surface area contributed by atoms with E-state index in [2.05, 4.69) is 76.0 Å². The van der Waals surface area contributed by atoms with Crippen LogP contribution in [-0.4, -0.2) is 61.8 Å². The molecule has 0 atom stereocenters. The normalized spacial score (nSPS) is 12.0. The Morgan fingerprint density at radius 1 is 0.861 bits per heavy atom. The van der Waals surface area contributed by atoms with Crippen LogP contribution in [0.2, 0.25) is 0 Å². The van der Waals surface area contributed by atoms with E-state index >= 15 is 0 Å². The zero-order valence-electron chi connectivity index (χ0n) is 22.2. The van der Waals surface area contributed by atoms with Crippen molar-refractivity contribution >= 4 is 43.6 Å². The highest BCUT2D eigenvalue weighted by Crippen LogP contribution is 2.36. The lowest BCUT2D eigenvalue weighted by Gasteiger charge is -2.24. The van der Waals surface area contributed by atoms with Gasteiger partial charge < -0.3 is 19.3 Å². The third kappa shape index (κ3) is 7.08. The van der Waals surface area contributed by atoms with Gasteiger partial charge in [0, 0.05) is 40.6 Å². The van der Waals surface area contributed by atoms with Crippen molar-refractivity contribution in [3.8, 4) is 11.5 Å². The first-order chi connectivity index (χ1) is 17.4. The molecule has 0 N–H and O–H groups in total. The molecular weight excluding hydrogens is 516 g/mol. The lowest BCUT2D eigenvalue weighted by atomic mass is 10.1. The van der Waals surface area contributed by atoms with E-state index in [0.29, 0.717) is 13.2 Å². The minimum absolute atomic E-state index is 0.611. The van der Waals surface area contributed by atoms with Crippen molar-refractivity contribution in [3.63, 3.8) is 0 Å². The standard InChI is InChI=1S/C15H20BrN3.C12H11NO2.C2H6/c1-4-19(10-9-18(2)3)15-8-5-12-11-13(16)6-7-14(12)17-15;1-8-2-3-9-10(13-8)4-5-11-12(9)15-7-6-14-11;1-2/h5-8,11H,4,9-10H2,1-3H3;2-5H,6-7H2,1H3;1-2H3. The summed E-state index contributed by atoms with van der Waals surface area (Å²) < 4.78 is 12.2. The Bertz CT molecular complexity index is 1280. The average Bonchev–Trinajstić information content (AvgIpc) is 2.90. The van der Waals surface area contributed by atoms with Gasteiger partial charge in [-0.25, -0.2) is 4.98 Å². The zero-order valence-corrected chi connectivity index (χ0v) is 23.8. The van der Waals surface area contributed by atoms with E-state index in [4.69, 9.17) is 14.5 Å². The maximum atomic E-state index is 5.61. The number of hydrogen-bond acceptors (Lipinski definition) is 6. The fourth-order valence-corrected chi connectivity index (χ4v) is 4.21. The third-order valence-corrected chi connectivity index (χ3v) is 6.16. The van der Waals surface area contributed by atoms with E-state index in [9.17, 15) is 0 Å². The molecule has 192 valence electrons. The molecule has 5 rings (SSSR count). The van der Waals surface area contributed by atoms with E-state index in [-0.39, 0.29) is 0 Å². The van der Waals surface area contributed by atoms with Gasteiger partial charge in [0.15, 0.2) is 11.5 Å². The molecule has 0 aliphatic carbocycles. The first-order valence-electron chi connectivity index (χ1n) is 12.6. The fraction of sp³-hybridized carbons (Fsp3) is 0.379. The van der Waals surface area contributed by atoms with Crippen LogP contribution in [0.1, 0.15) is 26.5 Å². The smallest absolute Gasteiger partial charge is 0.170 e. The lowest BCUT2D eigenvalue weighted by Crippen LogP contribution is -2.32. The number of fused-ring (bicyclic) bond motifs is 4. The van der Waals surface area contributed by atoms with Crippen molar-refractivity contribution in [3.05, 3.63) is 64.8 Å². The maximum absolute atomic E-state index is 5.61. The van der Waals surface area contributed by atoms with Crippen LogP contribution in [0, 0.1) is 6.92 Å². The quantitative estimate of drug-likeness (QED) is 0.273. The molecule has 1 aliphatic rings. The molecule has 3 heterocycles. The fourth-order valence-electron chi connectivity index (χ4n) is 3.83. The van der Waals surface area contributed by atoms with Gasteiger partial charge in [-0.05, 0) is 82.5 Å². The van der Waals surface area contributed by atoms with Crippen molar-refractivity contribution in [1.29, 1.82) is 0 Å². The summed E-state index contributed by atoms with van der Waals surface area (Å²) in [6.45, 7) is 12.4. The SMILES string of the molecule is CC.CCN(CCN(C)C)c1ccc2cc(Br)ccc2n1.Cc1ccc2c3c(ccc2n1)OCCO3. The van der Waals surface area contributed by atoms with E-state index in [1.807, 2.05) is 51.1 Å². The highest BCUT2D eigenvalue weighted by molar-refractivity contribution is 9.10. The van der Waals surface area contributed by atoms with Crippen LogP contribution in [0.15, 0.2) is 59.1 Å². The van der Waals surface area contributed by atoms with E-state index < -0.39 is 0 Å². The Morgan fingerprint density at radius 2 is 1.61 bits per heavy atom. The van der Waals surface area contributed by atoms with Gasteiger partial charge in [0.25, 0.3) is 0 Å².